The molecule has 0 saturated carbocycles. The summed E-state index contributed by atoms with van der Waals surface area (Å²) in [6, 6.07) is 7.07. The molecule has 0 radical (unpaired) electrons. The predicted molar refractivity (Wildman–Crippen MR) is 93.1 cm³/mol. The lowest BCUT2D eigenvalue weighted by molar-refractivity contribution is -0.118. The van der Waals surface area contributed by atoms with Crippen LogP contribution in [0.15, 0.2) is 36.7 Å². The minimum Gasteiger partial charge on any atom is -0.340 e. The maximum absolute atomic E-state index is 12.8. The zero-order chi connectivity index (χ0) is 17.3. The molecule has 1 aromatic heterocycles. The molecule has 1 aliphatic heterocycles. The fraction of sp³-hybridized carbons (Fsp3) is 0.316. The van der Waals surface area contributed by atoms with E-state index in [9.17, 15) is 9.59 Å². The van der Waals surface area contributed by atoms with Gasteiger partial charge in [0.05, 0.1) is 5.56 Å². The van der Waals surface area contributed by atoms with Gasteiger partial charge in [0.1, 0.15) is 6.04 Å². The number of carbonyl (C=O) groups excluding carboxylic acids is 2. The summed E-state index contributed by atoms with van der Waals surface area (Å²) < 4.78 is 0. The summed E-state index contributed by atoms with van der Waals surface area (Å²) in [6.07, 6.45) is 3.72. The Bertz CT molecular complexity index is 763. The monoisotopic (exact) mass is 323 g/mol. The summed E-state index contributed by atoms with van der Waals surface area (Å²) in [7, 11) is 0. The lowest BCUT2D eigenvalue weighted by atomic mass is 10.0. The van der Waals surface area contributed by atoms with E-state index in [-0.39, 0.29) is 11.8 Å². The smallest absolute Gasteiger partial charge is 0.253 e. The van der Waals surface area contributed by atoms with E-state index in [1.54, 1.807) is 23.2 Å². The van der Waals surface area contributed by atoms with E-state index in [1.807, 2.05) is 20.8 Å². The van der Waals surface area contributed by atoms with E-state index < -0.39 is 6.04 Å². The predicted octanol–water partition coefficient (Wildman–Crippen LogP) is 2.54. The van der Waals surface area contributed by atoms with Crippen molar-refractivity contribution < 1.29 is 9.59 Å². The van der Waals surface area contributed by atoms with Gasteiger partial charge in [-0.2, -0.15) is 0 Å². The van der Waals surface area contributed by atoms with E-state index in [1.165, 1.54) is 11.8 Å². The SMILES string of the molecule is Cc1cc(C)c(N2CC[C@@H](NC(=O)c3cccnc3)C2=O)c(C)c1. The first kappa shape index (κ1) is 16.2. The van der Waals surface area contributed by atoms with Gasteiger partial charge in [0.25, 0.3) is 5.91 Å². The van der Waals surface area contributed by atoms with Crippen molar-refractivity contribution in [1.82, 2.24) is 10.3 Å². The fourth-order valence-corrected chi connectivity index (χ4v) is 3.37. The number of aryl methyl sites for hydroxylation is 3. The van der Waals surface area contributed by atoms with Crippen LogP contribution in [0.1, 0.15) is 33.5 Å². The molecular formula is C19H21N3O2. The molecule has 2 amide bonds. The minimum atomic E-state index is -0.488. The van der Waals surface area contributed by atoms with E-state index in [2.05, 4.69) is 22.4 Å². The number of benzene rings is 1. The van der Waals surface area contributed by atoms with Crippen LogP contribution in [0.4, 0.5) is 5.69 Å². The molecule has 0 unspecified atom stereocenters. The van der Waals surface area contributed by atoms with Gasteiger partial charge in [-0.05, 0) is 50.5 Å². The first-order chi connectivity index (χ1) is 11.5. The maximum atomic E-state index is 12.8. The molecular weight excluding hydrogens is 302 g/mol. The standard InChI is InChI=1S/C19H21N3O2/c1-12-9-13(2)17(14(3)10-12)22-8-6-16(19(22)24)21-18(23)15-5-4-7-20-11-15/h4-5,7,9-11,16H,6,8H2,1-3H3,(H,21,23)/t16-/m1/s1. The number of aromatic nitrogens is 1. The van der Waals surface area contributed by atoms with Crippen molar-refractivity contribution in [2.24, 2.45) is 0 Å². The molecule has 1 N–H and O–H groups in total. The number of amides is 2. The molecule has 5 nitrogen and oxygen atoms in total. The molecule has 3 rings (SSSR count). The molecule has 24 heavy (non-hydrogen) atoms. The van der Waals surface area contributed by atoms with E-state index in [0.717, 1.165) is 16.8 Å². The van der Waals surface area contributed by atoms with Crippen molar-refractivity contribution in [1.29, 1.82) is 0 Å². The van der Waals surface area contributed by atoms with Gasteiger partial charge in [0.15, 0.2) is 0 Å². The van der Waals surface area contributed by atoms with Crippen LogP contribution in [0.3, 0.4) is 0 Å². The Balaban J connectivity index is 1.78. The lowest BCUT2D eigenvalue weighted by Gasteiger charge is -2.22. The van der Waals surface area contributed by atoms with Crippen molar-refractivity contribution in [2.45, 2.75) is 33.2 Å². The molecule has 124 valence electrons. The molecule has 2 aromatic rings. The van der Waals surface area contributed by atoms with Crippen molar-refractivity contribution in [3.8, 4) is 0 Å². The Morgan fingerprint density at radius 1 is 1.25 bits per heavy atom. The molecule has 1 aliphatic rings. The highest BCUT2D eigenvalue weighted by atomic mass is 16.2. The van der Waals surface area contributed by atoms with E-state index in [0.29, 0.717) is 18.5 Å². The summed E-state index contributed by atoms with van der Waals surface area (Å²) in [5, 5.41) is 2.82. The third-order valence-electron chi connectivity index (χ3n) is 4.34. The quantitative estimate of drug-likeness (QED) is 0.944. The number of anilines is 1. The van der Waals surface area contributed by atoms with Crippen molar-refractivity contribution in [2.75, 3.05) is 11.4 Å². The summed E-state index contributed by atoms with van der Waals surface area (Å²) in [6.45, 7) is 6.70. The number of carbonyl (C=O) groups is 2. The largest absolute Gasteiger partial charge is 0.340 e. The highest BCUT2D eigenvalue weighted by molar-refractivity contribution is 6.04. The first-order valence-corrected chi connectivity index (χ1v) is 8.07. The first-order valence-electron chi connectivity index (χ1n) is 8.07. The van der Waals surface area contributed by atoms with Gasteiger partial charge < -0.3 is 10.2 Å². The molecule has 2 heterocycles. The lowest BCUT2D eigenvalue weighted by Crippen LogP contribution is -2.41. The van der Waals surface area contributed by atoms with Gasteiger partial charge in [-0.3, -0.25) is 14.6 Å². The summed E-state index contributed by atoms with van der Waals surface area (Å²) in [5.41, 5.74) is 4.78. The normalized spacial score (nSPS) is 17.2. The second kappa shape index (κ2) is 6.43. The number of pyridine rings is 1. The molecule has 0 aliphatic carbocycles. The summed E-state index contributed by atoms with van der Waals surface area (Å²) >= 11 is 0. The van der Waals surface area contributed by atoms with E-state index >= 15 is 0 Å². The second-order valence-electron chi connectivity index (χ2n) is 6.29. The van der Waals surface area contributed by atoms with Crippen molar-refractivity contribution in [3.05, 3.63) is 58.9 Å². The second-order valence-corrected chi connectivity index (χ2v) is 6.29. The van der Waals surface area contributed by atoms with Crippen LogP contribution in [-0.4, -0.2) is 29.4 Å². The third-order valence-corrected chi connectivity index (χ3v) is 4.34. The van der Waals surface area contributed by atoms with Crippen LogP contribution in [0.2, 0.25) is 0 Å². The average Bonchev–Trinajstić information content (AvgIpc) is 2.88. The molecule has 0 bridgehead atoms. The maximum Gasteiger partial charge on any atom is 0.253 e. The Labute approximate surface area is 141 Å². The van der Waals surface area contributed by atoms with Crippen LogP contribution in [-0.2, 0) is 4.79 Å². The number of nitrogens with zero attached hydrogens (tertiary/aromatic N) is 2. The van der Waals surface area contributed by atoms with Crippen molar-refractivity contribution in [3.63, 3.8) is 0 Å². The third kappa shape index (κ3) is 3.02. The van der Waals surface area contributed by atoms with E-state index in [4.69, 9.17) is 0 Å². The molecule has 0 spiro atoms. The van der Waals surface area contributed by atoms with Gasteiger partial charge in [-0.15, -0.1) is 0 Å². The molecule has 5 heteroatoms. The Morgan fingerprint density at radius 2 is 1.96 bits per heavy atom. The van der Waals surface area contributed by atoms with Gasteiger partial charge in [0, 0.05) is 24.6 Å². The topological polar surface area (TPSA) is 62.3 Å². The molecule has 1 aromatic carbocycles. The fourth-order valence-electron chi connectivity index (χ4n) is 3.37. The highest BCUT2D eigenvalue weighted by Crippen LogP contribution is 2.30. The number of hydrogen-bond donors (Lipinski definition) is 1. The number of nitrogens with one attached hydrogen (secondary N) is 1. The highest BCUT2D eigenvalue weighted by Gasteiger charge is 2.35. The minimum absolute atomic E-state index is 0.0534. The van der Waals surface area contributed by atoms with Crippen LogP contribution < -0.4 is 10.2 Å². The molecule has 1 atom stereocenters. The van der Waals surface area contributed by atoms with Gasteiger partial charge in [0.2, 0.25) is 5.91 Å². The summed E-state index contributed by atoms with van der Waals surface area (Å²) in [5.74, 6) is -0.317. The van der Waals surface area contributed by atoms with Crippen molar-refractivity contribution >= 4 is 17.5 Å². The zero-order valence-corrected chi connectivity index (χ0v) is 14.2. The number of rotatable bonds is 3. The van der Waals surface area contributed by atoms with Gasteiger partial charge in [-0.25, -0.2) is 0 Å². The average molecular weight is 323 g/mol. The molecule has 1 fully saturated rings. The number of hydrogen-bond acceptors (Lipinski definition) is 3. The van der Waals surface area contributed by atoms with Gasteiger partial charge >= 0.3 is 0 Å². The van der Waals surface area contributed by atoms with Crippen LogP contribution in [0, 0.1) is 20.8 Å². The molecule has 1 saturated heterocycles. The summed E-state index contributed by atoms with van der Waals surface area (Å²) in [4.78, 5) is 30.7. The van der Waals surface area contributed by atoms with Crippen LogP contribution in [0.5, 0.6) is 0 Å². The van der Waals surface area contributed by atoms with Gasteiger partial charge in [-0.1, -0.05) is 17.7 Å². The van der Waals surface area contributed by atoms with Crippen LogP contribution >= 0.6 is 0 Å². The Morgan fingerprint density at radius 3 is 2.58 bits per heavy atom. The Hall–Kier alpha value is -2.69. The van der Waals surface area contributed by atoms with Crippen LogP contribution in [0.25, 0.3) is 0 Å². The zero-order valence-electron chi connectivity index (χ0n) is 14.2. The Kier molecular flexibility index (Phi) is 4.34.